The highest BCUT2D eigenvalue weighted by Crippen LogP contribution is 2.42. The summed E-state index contributed by atoms with van der Waals surface area (Å²) in [4.78, 5) is 82.8. The number of carbonyl (C=O) groups is 5. The van der Waals surface area contributed by atoms with Crippen LogP contribution in [-0.4, -0.2) is 96.8 Å². The van der Waals surface area contributed by atoms with Gasteiger partial charge in [-0.25, -0.2) is 23.0 Å². The fourth-order valence-corrected chi connectivity index (χ4v) is 9.51. The van der Waals surface area contributed by atoms with Crippen LogP contribution in [0.2, 0.25) is 0 Å². The fraction of sp³-hybridized carbons (Fsp3) is 0.477. The number of pyridine rings is 2. The van der Waals surface area contributed by atoms with Gasteiger partial charge in [0.15, 0.2) is 0 Å². The molecule has 1 aromatic carbocycles. The summed E-state index contributed by atoms with van der Waals surface area (Å²) in [5.74, 6) is -2.71. The Hall–Kier alpha value is -5.96. The number of nitrogens with two attached hydrogens (primary N) is 2. The van der Waals surface area contributed by atoms with Crippen LogP contribution >= 0.6 is 0 Å². The number of hydrogen-bond donors (Lipinski definition) is 4. The summed E-state index contributed by atoms with van der Waals surface area (Å²) in [5.41, 5.74) is 13.8. The predicted octanol–water partition coefficient (Wildman–Crippen LogP) is 2.51. The van der Waals surface area contributed by atoms with Gasteiger partial charge in [-0.2, -0.15) is 4.31 Å². The Morgan fingerprint density at radius 3 is 2.48 bits per heavy atom. The number of cyclic esters (lactones) is 1. The van der Waals surface area contributed by atoms with E-state index in [0.717, 1.165) is 28.8 Å². The number of allylic oxidation sites excluding steroid dienone is 1. The molecule has 3 aromatic rings. The van der Waals surface area contributed by atoms with Crippen molar-refractivity contribution in [3.63, 3.8) is 0 Å². The van der Waals surface area contributed by atoms with Gasteiger partial charge in [0.05, 0.1) is 35.4 Å². The summed E-state index contributed by atoms with van der Waals surface area (Å²) < 4.78 is 50.1. The van der Waals surface area contributed by atoms with Crippen molar-refractivity contribution in [2.24, 2.45) is 11.5 Å². The molecular weight excluding hydrogens is 851 g/mol. The van der Waals surface area contributed by atoms with Gasteiger partial charge in [0.1, 0.15) is 32.5 Å². The molecular formula is C44H55N7O12S. The molecule has 20 heteroatoms. The Morgan fingerprint density at radius 1 is 1.06 bits per heavy atom. The van der Waals surface area contributed by atoms with Crippen LogP contribution < -0.4 is 27.7 Å². The van der Waals surface area contributed by atoms with Crippen LogP contribution in [0, 0.1) is 0 Å². The first-order valence-corrected chi connectivity index (χ1v) is 23.1. The molecule has 4 heterocycles. The second-order valence-electron chi connectivity index (χ2n) is 16.2. The minimum atomic E-state index is -3.50. The highest BCUT2D eigenvalue weighted by Gasteiger charge is 2.51. The third-order valence-electron chi connectivity index (χ3n) is 11.5. The van der Waals surface area contributed by atoms with Gasteiger partial charge >= 0.3 is 12.1 Å². The summed E-state index contributed by atoms with van der Waals surface area (Å²) in [6, 6.07) is 6.82. The Bertz CT molecular complexity index is 2500. The van der Waals surface area contributed by atoms with Crippen molar-refractivity contribution in [1.82, 2.24) is 19.2 Å². The summed E-state index contributed by atoms with van der Waals surface area (Å²) in [6.07, 6.45) is 7.23. The number of nitrogens with zero attached hydrogens (tertiary/aromatic N) is 3. The van der Waals surface area contributed by atoms with E-state index in [0.29, 0.717) is 61.3 Å². The monoisotopic (exact) mass is 905 g/mol. The number of esters is 1. The molecule has 64 heavy (non-hydrogen) atoms. The van der Waals surface area contributed by atoms with Crippen LogP contribution in [0.15, 0.2) is 41.2 Å². The molecule has 0 spiro atoms. The number of benzene rings is 1. The lowest BCUT2D eigenvalue weighted by Crippen LogP contribution is -2.47. The van der Waals surface area contributed by atoms with Gasteiger partial charge in [-0.15, -0.1) is 0 Å². The average molecular weight is 906 g/mol. The van der Waals surface area contributed by atoms with E-state index in [1.165, 1.54) is 10.6 Å². The first-order valence-electron chi connectivity index (χ1n) is 21.2. The lowest BCUT2D eigenvalue weighted by molar-refractivity contribution is -0.175. The first-order chi connectivity index (χ1) is 30.5. The van der Waals surface area contributed by atoms with Crippen molar-refractivity contribution in [2.75, 3.05) is 37.9 Å². The number of sulfonamides is 1. The topological polar surface area (TPSA) is 271 Å². The second-order valence-corrected chi connectivity index (χ2v) is 18.1. The Labute approximate surface area is 370 Å². The number of ether oxygens (including phenoxy) is 4. The van der Waals surface area contributed by atoms with Crippen LogP contribution in [0.3, 0.4) is 0 Å². The van der Waals surface area contributed by atoms with E-state index in [1.807, 2.05) is 26.0 Å². The fourth-order valence-electron chi connectivity index (χ4n) is 8.33. The molecule has 344 valence electrons. The largest absolute Gasteiger partial charge is 0.510 e. The summed E-state index contributed by atoms with van der Waals surface area (Å²) in [7, 11) is -3.50. The number of fused-ring (bicyclic) bond motifs is 5. The highest BCUT2D eigenvalue weighted by molar-refractivity contribution is 7.88. The van der Waals surface area contributed by atoms with E-state index in [4.69, 9.17) is 35.4 Å². The minimum Gasteiger partial charge on any atom is -0.457 e. The lowest BCUT2D eigenvalue weighted by Gasteiger charge is -2.35. The molecule has 0 unspecified atom stereocenters. The molecule has 0 radical (unpaired) electrons. The molecule has 6 N–H and O–H groups in total. The molecule has 2 aromatic heterocycles. The van der Waals surface area contributed by atoms with Gasteiger partial charge in [0, 0.05) is 29.4 Å². The Kier molecular flexibility index (Phi) is 15.0. The van der Waals surface area contributed by atoms with Gasteiger partial charge in [-0.1, -0.05) is 25.1 Å². The molecule has 2 atom stereocenters. The normalized spacial score (nSPS) is 16.6. The molecule has 19 nitrogen and oxygen atoms in total. The zero-order chi connectivity index (χ0) is 46.3. The molecule has 0 fully saturated rings. The average Bonchev–Trinajstić information content (AvgIpc) is 3.61. The van der Waals surface area contributed by atoms with Crippen LogP contribution in [0.4, 0.5) is 10.5 Å². The molecule has 0 saturated heterocycles. The Morgan fingerprint density at radius 2 is 1.81 bits per heavy atom. The smallest absolute Gasteiger partial charge is 0.457 e. The van der Waals surface area contributed by atoms with Gasteiger partial charge in [-0.05, 0) is 106 Å². The highest BCUT2D eigenvalue weighted by atomic mass is 32.2. The third-order valence-corrected chi connectivity index (χ3v) is 12.9. The Balaban J connectivity index is 1.18. The van der Waals surface area contributed by atoms with Crippen molar-refractivity contribution < 1.29 is 51.3 Å². The minimum absolute atomic E-state index is 0.0890. The molecule has 6 rings (SSSR count). The maximum absolute atomic E-state index is 14.3. The number of anilines is 1. The number of primary amides is 1. The van der Waals surface area contributed by atoms with Crippen molar-refractivity contribution in [3.05, 3.63) is 85.8 Å². The van der Waals surface area contributed by atoms with Gasteiger partial charge in [0.2, 0.25) is 33.3 Å². The van der Waals surface area contributed by atoms with Crippen molar-refractivity contribution in [3.8, 4) is 11.4 Å². The number of unbranched alkanes of at least 4 members (excludes halogenated alkanes) is 1. The molecule has 1 aliphatic carbocycles. The molecule has 0 saturated carbocycles. The standard InChI is InChI=1S/C44H55N7O12S/c1-5-44(63-43(57)62-22-27-13-15-28(16-14-27)47-40(54)35(12-8-9-18-45)48-38(53)25-60-24-37(46)52)33-20-36-39-31(21-50(36)41(55)32(33)23-61-42(44)56)29(30-10-6-7-11-34(30)49-39)17-19-51(26(2)3)64(4,58)59/h7,11,13-16,20,26,35H,5-6,8-10,12,17-19,21-25,45H2,1-4H3,(H2,46,52)(H,47,54)(H,48,53)/t35-,44-/m0/s1. The van der Waals surface area contributed by atoms with Crippen LogP contribution in [-0.2, 0) is 86.4 Å². The van der Waals surface area contributed by atoms with Crippen LogP contribution in [0.25, 0.3) is 17.5 Å². The zero-order valence-electron chi connectivity index (χ0n) is 36.4. The number of carbonyl (C=O) groups excluding carboxylic acids is 5. The van der Waals surface area contributed by atoms with Gasteiger partial charge in [0.25, 0.3) is 5.56 Å². The van der Waals surface area contributed by atoms with Crippen LogP contribution in [0.1, 0.15) is 91.9 Å². The van der Waals surface area contributed by atoms with E-state index in [2.05, 4.69) is 10.6 Å². The van der Waals surface area contributed by atoms with E-state index in [-0.39, 0.29) is 49.9 Å². The molecule has 0 bridgehead atoms. The van der Waals surface area contributed by atoms with Crippen molar-refractivity contribution in [2.45, 2.75) is 103 Å². The molecule has 3 amide bonds. The number of aromatic nitrogens is 2. The molecule has 2 aliphatic heterocycles. The quantitative estimate of drug-likeness (QED) is 0.0734. The summed E-state index contributed by atoms with van der Waals surface area (Å²) >= 11 is 0. The zero-order valence-corrected chi connectivity index (χ0v) is 37.2. The first kappa shape index (κ1) is 47.5. The number of hydrogen-bond acceptors (Lipinski definition) is 14. The summed E-state index contributed by atoms with van der Waals surface area (Å²) in [6.45, 7) is 4.57. The number of rotatable bonds is 20. The molecule has 3 aliphatic rings. The third kappa shape index (κ3) is 10.5. The lowest BCUT2D eigenvalue weighted by atomic mass is 9.85. The number of amides is 3. The van der Waals surface area contributed by atoms with E-state index < -0.39 is 70.3 Å². The maximum Gasteiger partial charge on any atom is 0.510 e. The van der Waals surface area contributed by atoms with Crippen LogP contribution in [0.5, 0.6) is 0 Å². The van der Waals surface area contributed by atoms with Crippen molar-refractivity contribution in [1.29, 1.82) is 0 Å². The van der Waals surface area contributed by atoms with Gasteiger partial charge < -0.3 is 45.6 Å². The van der Waals surface area contributed by atoms with E-state index in [1.54, 1.807) is 41.8 Å². The van der Waals surface area contributed by atoms with E-state index >= 15 is 0 Å². The second kappa shape index (κ2) is 20.3. The maximum atomic E-state index is 14.3. The van der Waals surface area contributed by atoms with Crippen molar-refractivity contribution >= 4 is 51.6 Å². The predicted molar refractivity (Wildman–Crippen MR) is 234 cm³/mol. The number of nitrogens with one attached hydrogen (secondary N) is 2. The van der Waals surface area contributed by atoms with E-state index in [9.17, 15) is 37.2 Å². The summed E-state index contributed by atoms with van der Waals surface area (Å²) in [5, 5.41) is 5.34. The van der Waals surface area contributed by atoms with Gasteiger partial charge in [-0.3, -0.25) is 19.2 Å². The SMILES string of the molecule is CC[C@@]1(OC(=O)OCc2ccc(NC(=O)[C@H](CCCCN)NC(=O)COCC(N)=O)cc2)C(=O)OCc2c1cc1n(c2=O)Cc2c-1nc1c(c2CCN(C(C)C)S(C)(=O)=O)CCC=C1.